The summed E-state index contributed by atoms with van der Waals surface area (Å²) in [5, 5.41) is 3.46. The van der Waals surface area contributed by atoms with Crippen LogP contribution in [-0.4, -0.2) is 13.2 Å². The molecule has 0 radical (unpaired) electrons. The van der Waals surface area contributed by atoms with Crippen LogP contribution in [0.15, 0.2) is 18.2 Å². The summed E-state index contributed by atoms with van der Waals surface area (Å²) in [5.41, 5.74) is 2.62. The van der Waals surface area contributed by atoms with Crippen LogP contribution in [0.1, 0.15) is 38.7 Å². The predicted molar refractivity (Wildman–Crippen MR) is 72.8 cm³/mol. The topological polar surface area (TPSA) is 21.3 Å². The van der Waals surface area contributed by atoms with E-state index < -0.39 is 0 Å². The molecule has 0 fully saturated rings. The molecule has 1 unspecified atom stereocenters. The molecule has 1 aromatic carbocycles. The average Bonchev–Trinajstić information content (AvgIpc) is 2.36. The number of para-hydroxylation sites is 1. The Hall–Kier alpha value is -1.18. The van der Waals surface area contributed by atoms with Crippen LogP contribution in [-0.2, 0) is 6.42 Å². The van der Waals surface area contributed by atoms with Crippen molar-refractivity contribution in [1.82, 2.24) is 0 Å². The first-order valence-corrected chi connectivity index (χ1v) is 6.79. The van der Waals surface area contributed by atoms with Gasteiger partial charge in [0.2, 0.25) is 0 Å². The average molecular weight is 233 g/mol. The van der Waals surface area contributed by atoms with E-state index in [1.165, 1.54) is 36.9 Å². The van der Waals surface area contributed by atoms with Crippen LogP contribution in [0.25, 0.3) is 0 Å². The molecule has 0 aliphatic carbocycles. The van der Waals surface area contributed by atoms with Crippen molar-refractivity contribution in [2.45, 2.75) is 39.5 Å². The largest absolute Gasteiger partial charge is 0.491 e. The number of anilines is 1. The highest BCUT2D eigenvalue weighted by atomic mass is 16.5. The lowest BCUT2D eigenvalue weighted by molar-refractivity contribution is 0.252. The molecular weight excluding hydrogens is 210 g/mol. The van der Waals surface area contributed by atoms with E-state index in [0.29, 0.717) is 5.92 Å². The van der Waals surface area contributed by atoms with Gasteiger partial charge in [0.05, 0.1) is 12.3 Å². The van der Waals surface area contributed by atoms with E-state index in [1.54, 1.807) is 0 Å². The summed E-state index contributed by atoms with van der Waals surface area (Å²) in [6.45, 7) is 6.37. The second-order valence-electron chi connectivity index (χ2n) is 5.03. The maximum Gasteiger partial charge on any atom is 0.142 e. The van der Waals surface area contributed by atoms with E-state index in [2.05, 4.69) is 37.4 Å². The van der Waals surface area contributed by atoms with E-state index >= 15 is 0 Å². The van der Waals surface area contributed by atoms with Crippen LogP contribution >= 0.6 is 0 Å². The van der Waals surface area contributed by atoms with E-state index in [1.807, 2.05) is 0 Å². The van der Waals surface area contributed by atoms with Crippen LogP contribution < -0.4 is 10.1 Å². The fraction of sp³-hybridized carbons (Fsp3) is 0.600. The maximum atomic E-state index is 5.96. The van der Waals surface area contributed by atoms with Crippen molar-refractivity contribution in [2.75, 3.05) is 18.5 Å². The molecule has 0 bridgehead atoms. The molecule has 1 aliphatic heterocycles. The van der Waals surface area contributed by atoms with Crippen molar-refractivity contribution >= 4 is 5.69 Å². The number of nitrogens with one attached hydrogen (secondary N) is 1. The lowest BCUT2D eigenvalue weighted by Crippen LogP contribution is -2.15. The number of fused-ring (bicyclic) bond motifs is 1. The van der Waals surface area contributed by atoms with Crippen molar-refractivity contribution in [1.29, 1.82) is 0 Å². The number of hydrogen-bond acceptors (Lipinski definition) is 2. The summed E-state index contributed by atoms with van der Waals surface area (Å²) in [6.07, 6.45) is 4.87. The first-order chi connectivity index (χ1) is 8.31. The Bertz CT molecular complexity index is 362. The van der Waals surface area contributed by atoms with E-state index in [0.717, 1.165) is 18.9 Å². The third-order valence-electron chi connectivity index (χ3n) is 3.34. The molecule has 2 nitrogen and oxygen atoms in total. The SMILES string of the molecule is CCCC(C)COc1cccc2c1NCCC2. The second kappa shape index (κ2) is 5.95. The van der Waals surface area contributed by atoms with Gasteiger partial charge >= 0.3 is 0 Å². The van der Waals surface area contributed by atoms with Gasteiger partial charge in [0.15, 0.2) is 0 Å². The van der Waals surface area contributed by atoms with E-state index in [9.17, 15) is 0 Å². The summed E-state index contributed by atoms with van der Waals surface area (Å²) in [7, 11) is 0. The Morgan fingerprint density at radius 1 is 1.41 bits per heavy atom. The summed E-state index contributed by atoms with van der Waals surface area (Å²) >= 11 is 0. The summed E-state index contributed by atoms with van der Waals surface area (Å²) < 4.78 is 5.96. The Morgan fingerprint density at radius 3 is 3.12 bits per heavy atom. The highest BCUT2D eigenvalue weighted by molar-refractivity contribution is 5.63. The minimum absolute atomic E-state index is 0.638. The monoisotopic (exact) mass is 233 g/mol. The van der Waals surface area contributed by atoms with Crippen LogP contribution in [0.4, 0.5) is 5.69 Å². The van der Waals surface area contributed by atoms with Crippen molar-refractivity contribution in [3.8, 4) is 5.75 Å². The van der Waals surface area contributed by atoms with Gasteiger partial charge in [-0.25, -0.2) is 0 Å². The first kappa shape index (κ1) is 12.3. The van der Waals surface area contributed by atoms with Crippen LogP contribution in [0.5, 0.6) is 5.75 Å². The van der Waals surface area contributed by atoms with Gasteiger partial charge < -0.3 is 10.1 Å². The molecule has 0 spiro atoms. The van der Waals surface area contributed by atoms with Crippen LogP contribution in [0.3, 0.4) is 0 Å². The fourth-order valence-corrected chi connectivity index (χ4v) is 2.41. The van der Waals surface area contributed by atoms with Gasteiger partial charge in [-0.05, 0) is 36.8 Å². The third kappa shape index (κ3) is 3.15. The minimum atomic E-state index is 0.638. The summed E-state index contributed by atoms with van der Waals surface area (Å²) in [6, 6.07) is 6.38. The van der Waals surface area contributed by atoms with Gasteiger partial charge in [-0.1, -0.05) is 32.4 Å². The van der Waals surface area contributed by atoms with Crippen LogP contribution in [0, 0.1) is 5.92 Å². The molecule has 1 heterocycles. The molecule has 0 saturated carbocycles. The standard InChI is InChI=1S/C15H23NO/c1-3-6-12(2)11-17-14-9-4-7-13-8-5-10-16-15(13)14/h4,7,9,12,16H,3,5-6,8,10-11H2,1-2H3. The molecule has 1 aliphatic rings. The van der Waals surface area contributed by atoms with E-state index in [4.69, 9.17) is 4.74 Å². The van der Waals surface area contributed by atoms with Crippen molar-refractivity contribution < 1.29 is 4.74 Å². The number of benzene rings is 1. The predicted octanol–water partition coefficient (Wildman–Crippen LogP) is 3.86. The number of hydrogen-bond donors (Lipinski definition) is 1. The first-order valence-electron chi connectivity index (χ1n) is 6.79. The maximum absolute atomic E-state index is 5.96. The molecule has 1 atom stereocenters. The normalized spacial score (nSPS) is 15.9. The Labute approximate surface area is 104 Å². The highest BCUT2D eigenvalue weighted by Crippen LogP contribution is 2.32. The number of ether oxygens (including phenoxy) is 1. The second-order valence-corrected chi connectivity index (χ2v) is 5.03. The van der Waals surface area contributed by atoms with Gasteiger partial charge in [0.25, 0.3) is 0 Å². The van der Waals surface area contributed by atoms with Gasteiger partial charge in [-0.15, -0.1) is 0 Å². The van der Waals surface area contributed by atoms with Crippen molar-refractivity contribution in [2.24, 2.45) is 5.92 Å². The summed E-state index contributed by atoms with van der Waals surface area (Å²) in [4.78, 5) is 0. The Balaban J connectivity index is 2.01. The third-order valence-corrected chi connectivity index (χ3v) is 3.34. The zero-order chi connectivity index (χ0) is 12.1. The zero-order valence-corrected chi connectivity index (χ0v) is 11.0. The lowest BCUT2D eigenvalue weighted by atomic mass is 10.0. The molecule has 17 heavy (non-hydrogen) atoms. The van der Waals surface area contributed by atoms with Crippen molar-refractivity contribution in [3.05, 3.63) is 23.8 Å². The number of aryl methyl sites for hydroxylation is 1. The molecule has 0 aromatic heterocycles. The molecule has 0 amide bonds. The molecule has 1 aromatic rings. The minimum Gasteiger partial charge on any atom is -0.491 e. The lowest BCUT2D eigenvalue weighted by Gasteiger charge is -2.22. The highest BCUT2D eigenvalue weighted by Gasteiger charge is 2.13. The quantitative estimate of drug-likeness (QED) is 0.833. The van der Waals surface area contributed by atoms with Gasteiger partial charge in [0.1, 0.15) is 5.75 Å². The van der Waals surface area contributed by atoms with Gasteiger partial charge in [-0.2, -0.15) is 0 Å². The van der Waals surface area contributed by atoms with E-state index in [-0.39, 0.29) is 0 Å². The van der Waals surface area contributed by atoms with Crippen molar-refractivity contribution in [3.63, 3.8) is 0 Å². The molecule has 1 N–H and O–H groups in total. The molecule has 2 rings (SSSR count). The molecular formula is C15H23NO. The molecule has 2 heteroatoms. The van der Waals surface area contributed by atoms with Gasteiger partial charge in [-0.3, -0.25) is 0 Å². The molecule has 0 saturated heterocycles. The number of rotatable bonds is 5. The Kier molecular flexibility index (Phi) is 4.29. The smallest absolute Gasteiger partial charge is 0.142 e. The van der Waals surface area contributed by atoms with Crippen LogP contribution in [0.2, 0.25) is 0 Å². The van der Waals surface area contributed by atoms with Gasteiger partial charge in [0, 0.05) is 6.54 Å². The molecule has 94 valence electrons. The zero-order valence-electron chi connectivity index (χ0n) is 11.0. The summed E-state index contributed by atoms with van der Waals surface area (Å²) in [5.74, 6) is 1.67. The Morgan fingerprint density at radius 2 is 2.29 bits per heavy atom. The fourth-order valence-electron chi connectivity index (χ4n) is 2.41.